The van der Waals surface area contributed by atoms with Crippen molar-refractivity contribution >= 4 is 11.8 Å². The lowest BCUT2D eigenvalue weighted by atomic mass is 9.83. The Morgan fingerprint density at radius 1 is 1.23 bits per heavy atom. The van der Waals surface area contributed by atoms with Gasteiger partial charge in [-0.2, -0.15) is 0 Å². The van der Waals surface area contributed by atoms with Crippen LogP contribution in [0.25, 0.3) is 0 Å². The van der Waals surface area contributed by atoms with Gasteiger partial charge in [0.15, 0.2) is 0 Å². The van der Waals surface area contributed by atoms with Crippen molar-refractivity contribution in [2.75, 3.05) is 19.7 Å². The first-order valence-electron chi connectivity index (χ1n) is 8.82. The first-order valence-corrected chi connectivity index (χ1v) is 8.82. The Kier molecular flexibility index (Phi) is 4.44. The number of rotatable bonds is 2. The van der Waals surface area contributed by atoms with Gasteiger partial charge in [0.1, 0.15) is 11.8 Å². The van der Waals surface area contributed by atoms with Crippen molar-refractivity contribution in [1.29, 1.82) is 0 Å². The molecule has 3 aliphatic rings. The van der Waals surface area contributed by atoms with Crippen LogP contribution in [0.2, 0.25) is 0 Å². The molecule has 3 fully saturated rings. The van der Waals surface area contributed by atoms with Gasteiger partial charge in [0.25, 0.3) is 0 Å². The Bertz CT molecular complexity index is 447. The van der Waals surface area contributed by atoms with Gasteiger partial charge in [-0.1, -0.05) is 20.3 Å². The van der Waals surface area contributed by atoms with E-state index in [1.54, 1.807) is 0 Å². The molecule has 1 spiro atoms. The van der Waals surface area contributed by atoms with E-state index >= 15 is 0 Å². The van der Waals surface area contributed by atoms with Crippen LogP contribution in [0.5, 0.6) is 0 Å². The first-order chi connectivity index (χ1) is 10.6. The standard InChI is InChI=1S/C17H28N2O3/c1-3-15(20)19-14(16(21)18-9-4-5-10-18)12-22-17(19)8-6-7-13(2)11-17/h13-14H,3-12H2,1-2H3/t13-,14-,17+/m0/s1. The highest BCUT2D eigenvalue weighted by molar-refractivity contribution is 5.89. The number of carbonyl (C=O) groups is 2. The Labute approximate surface area is 133 Å². The van der Waals surface area contributed by atoms with Gasteiger partial charge < -0.3 is 9.64 Å². The first kappa shape index (κ1) is 15.8. The largest absolute Gasteiger partial charge is 0.353 e. The highest BCUT2D eigenvalue weighted by Gasteiger charge is 2.54. The zero-order valence-electron chi connectivity index (χ0n) is 13.8. The summed E-state index contributed by atoms with van der Waals surface area (Å²) in [5.74, 6) is 0.695. The molecule has 0 bridgehead atoms. The van der Waals surface area contributed by atoms with Gasteiger partial charge in [-0.15, -0.1) is 0 Å². The van der Waals surface area contributed by atoms with Gasteiger partial charge in [0, 0.05) is 19.5 Å². The second kappa shape index (κ2) is 6.19. The Hall–Kier alpha value is -1.10. The minimum atomic E-state index is -0.523. The van der Waals surface area contributed by atoms with Crippen LogP contribution in [0.15, 0.2) is 0 Å². The number of ether oxygens (including phenoxy) is 1. The van der Waals surface area contributed by atoms with Crippen molar-refractivity contribution in [3.63, 3.8) is 0 Å². The summed E-state index contributed by atoms with van der Waals surface area (Å²) in [4.78, 5) is 29.2. The van der Waals surface area contributed by atoms with Crippen LogP contribution >= 0.6 is 0 Å². The van der Waals surface area contributed by atoms with Gasteiger partial charge in [-0.25, -0.2) is 0 Å². The Balaban J connectivity index is 1.84. The van der Waals surface area contributed by atoms with E-state index in [-0.39, 0.29) is 11.8 Å². The molecule has 3 atom stereocenters. The molecule has 5 nitrogen and oxygen atoms in total. The molecule has 1 saturated carbocycles. The fraction of sp³-hybridized carbons (Fsp3) is 0.882. The van der Waals surface area contributed by atoms with Gasteiger partial charge in [0.05, 0.1) is 6.61 Å². The molecule has 2 aliphatic heterocycles. The molecule has 0 N–H and O–H groups in total. The molecule has 22 heavy (non-hydrogen) atoms. The Morgan fingerprint density at radius 2 is 1.95 bits per heavy atom. The van der Waals surface area contributed by atoms with Crippen molar-refractivity contribution in [3.8, 4) is 0 Å². The van der Waals surface area contributed by atoms with Crippen LogP contribution in [-0.2, 0) is 14.3 Å². The summed E-state index contributed by atoms with van der Waals surface area (Å²) < 4.78 is 6.14. The van der Waals surface area contributed by atoms with E-state index in [1.165, 1.54) is 6.42 Å². The summed E-state index contributed by atoms with van der Waals surface area (Å²) in [6.07, 6.45) is 6.56. The summed E-state index contributed by atoms with van der Waals surface area (Å²) in [7, 11) is 0. The molecule has 0 radical (unpaired) electrons. The third kappa shape index (κ3) is 2.64. The predicted octanol–water partition coefficient (Wildman–Crippen LogP) is 2.15. The summed E-state index contributed by atoms with van der Waals surface area (Å²) in [5, 5.41) is 0. The molecule has 2 saturated heterocycles. The maximum absolute atomic E-state index is 12.8. The normalized spacial score (nSPS) is 35.4. The fourth-order valence-electron chi connectivity index (χ4n) is 4.39. The van der Waals surface area contributed by atoms with E-state index in [0.717, 1.165) is 45.2 Å². The molecule has 0 unspecified atom stereocenters. The molecule has 5 heteroatoms. The molecule has 0 aromatic carbocycles. The highest BCUT2D eigenvalue weighted by atomic mass is 16.5. The number of hydrogen-bond donors (Lipinski definition) is 0. The summed E-state index contributed by atoms with van der Waals surface area (Å²) >= 11 is 0. The summed E-state index contributed by atoms with van der Waals surface area (Å²) in [5.41, 5.74) is -0.523. The number of carbonyl (C=O) groups excluding carboxylic acids is 2. The molecule has 1 aliphatic carbocycles. The second-order valence-electron chi connectivity index (χ2n) is 7.12. The fourth-order valence-corrected chi connectivity index (χ4v) is 4.39. The van der Waals surface area contributed by atoms with Crippen LogP contribution in [0.4, 0.5) is 0 Å². The molecule has 124 valence electrons. The SMILES string of the molecule is CCC(=O)N1[C@H](C(=O)N2CCCC2)CO[C@@]12CCC[C@H](C)C2. The third-order valence-electron chi connectivity index (χ3n) is 5.47. The zero-order valence-corrected chi connectivity index (χ0v) is 13.8. The van der Waals surface area contributed by atoms with Crippen LogP contribution in [0.3, 0.4) is 0 Å². The van der Waals surface area contributed by atoms with E-state index in [9.17, 15) is 9.59 Å². The van der Waals surface area contributed by atoms with Gasteiger partial charge in [-0.05, 0) is 38.0 Å². The molecular formula is C17H28N2O3. The average molecular weight is 308 g/mol. The zero-order chi connectivity index (χ0) is 15.7. The average Bonchev–Trinajstić information content (AvgIpc) is 3.14. The quantitative estimate of drug-likeness (QED) is 0.785. The smallest absolute Gasteiger partial charge is 0.247 e. The van der Waals surface area contributed by atoms with Gasteiger partial charge in [0.2, 0.25) is 11.8 Å². The van der Waals surface area contributed by atoms with E-state index in [0.29, 0.717) is 18.9 Å². The predicted molar refractivity (Wildman–Crippen MR) is 83.1 cm³/mol. The highest BCUT2D eigenvalue weighted by Crippen LogP contribution is 2.43. The van der Waals surface area contributed by atoms with E-state index in [2.05, 4.69) is 6.92 Å². The lowest BCUT2D eigenvalue weighted by Crippen LogP contribution is -2.57. The minimum absolute atomic E-state index is 0.0594. The Morgan fingerprint density at radius 3 is 2.59 bits per heavy atom. The lowest BCUT2D eigenvalue weighted by Gasteiger charge is -2.43. The van der Waals surface area contributed by atoms with E-state index in [1.807, 2.05) is 16.7 Å². The van der Waals surface area contributed by atoms with Crippen molar-refractivity contribution < 1.29 is 14.3 Å². The summed E-state index contributed by atoms with van der Waals surface area (Å²) in [6.45, 7) is 6.11. The number of nitrogens with zero attached hydrogens (tertiary/aromatic N) is 2. The van der Waals surface area contributed by atoms with Gasteiger partial charge >= 0.3 is 0 Å². The molecular weight excluding hydrogens is 280 g/mol. The monoisotopic (exact) mass is 308 g/mol. The van der Waals surface area contributed by atoms with Crippen LogP contribution < -0.4 is 0 Å². The topological polar surface area (TPSA) is 49.9 Å². The number of hydrogen-bond acceptors (Lipinski definition) is 3. The molecule has 0 aromatic heterocycles. The molecule has 2 heterocycles. The van der Waals surface area contributed by atoms with Crippen molar-refractivity contribution in [1.82, 2.24) is 9.80 Å². The lowest BCUT2D eigenvalue weighted by molar-refractivity contribution is -0.163. The molecule has 0 aromatic rings. The maximum atomic E-state index is 12.8. The van der Waals surface area contributed by atoms with E-state index in [4.69, 9.17) is 4.74 Å². The minimum Gasteiger partial charge on any atom is -0.353 e. The third-order valence-corrected chi connectivity index (χ3v) is 5.47. The van der Waals surface area contributed by atoms with Crippen LogP contribution in [0, 0.1) is 5.92 Å². The maximum Gasteiger partial charge on any atom is 0.247 e. The van der Waals surface area contributed by atoms with Crippen molar-refractivity contribution in [3.05, 3.63) is 0 Å². The molecule has 2 amide bonds. The number of likely N-dealkylation sites (tertiary alicyclic amines) is 1. The second-order valence-corrected chi connectivity index (χ2v) is 7.12. The van der Waals surface area contributed by atoms with Crippen LogP contribution in [0.1, 0.15) is 58.8 Å². The van der Waals surface area contributed by atoms with Crippen molar-refractivity contribution in [2.24, 2.45) is 5.92 Å². The molecule has 3 rings (SSSR count). The number of amides is 2. The van der Waals surface area contributed by atoms with E-state index < -0.39 is 11.8 Å². The summed E-state index contributed by atoms with van der Waals surface area (Å²) in [6, 6.07) is -0.407. The van der Waals surface area contributed by atoms with Crippen LogP contribution in [-0.4, -0.2) is 53.1 Å². The van der Waals surface area contributed by atoms with Crippen molar-refractivity contribution in [2.45, 2.75) is 70.6 Å². The van der Waals surface area contributed by atoms with Gasteiger partial charge in [-0.3, -0.25) is 14.5 Å².